The molecule has 3 aromatic rings. The highest BCUT2D eigenvalue weighted by Crippen LogP contribution is 2.16. The van der Waals surface area contributed by atoms with Crippen molar-refractivity contribution < 1.29 is 19.4 Å². The largest absolute Gasteiger partial charge is 0.492 e. The van der Waals surface area contributed by atoms with Gasteiger partial charge in [0.05, 0.1) is 6.54 Å². The molecule has 0 saturated heterocycles. The highest BCUT2D eigenvalue weighted by atomic mass is 16.5. The zero-order chi connectivity index (χ0) is 22.1. The molecule has 0 aliphatic rings. The van der Waals surface area contributed by atoms with Gasteiger partial charge in [-0.1, -0.05) is 36.4 Å². The van der Waals surface area contributed by atoms with Crippen LogP contribution in [0.3, 0.4) is 0 Å². The number of amides is 1. The van der Waals surface area contributed by atoms with Crippen LogP contribution in [0.1, 0.15) is 15.9 Å². The topological polar surface area (TPSA) is 83.0 Å². The summed E-state index contributed by atoms with van der Waals surface area (Å²) in [6.45, 7) is 0.995. The number of nitrogens with zero attached hydrogens (tertiary/aromatic N) is 3. The van der Waals surface area contributed by atoms with Crippen molar-refractivity contribution in [1.29, 1.82) is 0 Å². The molecule has 0 unspecified atom stereocenters. The average molecular weight is 419 g/mol. The molecule has 0 radical (unpaired) electrons. The van der Waals surface area contributed by atoms with E-state index in [4.69, 9.17) is 4.74 Å². The van der Waals surface area contributed by atoms with Crippen LogP contribution in [0, 0.1) is 0 Å². The summed E-state index contributed by atoms with van der Waals surface area (Å²) < 4.78 is 5.80. The fraction of sp³-hybridized carbons (Fsp3) is 0.208. The summed E-state index contributed by atoms with van der Waals surface area (Å²) in [7, 11) is 1.95. The number of hydrogen-bond acceptors (Lipinski definition) is 5. The molecule has 7 nitrogen and oxygen atoms in total. The van der Waals surface area contributed by atoms with Gasteiger partial charge in [0.25, 0.3) is 5.91 Å². The Balaban J connectivity index is 1.56. The molecular formula is C24H25N3O4. The van der Waals surface area contributed by atoms with Gasteiger partial charge in [-0.25, -0.2) is 4.98 Å². The van der Waals surface area contributed by atoms with Gasteiger partial charge in [-0.3, -0.25) is 9.59 Å². The van der Waals surface area contributed by atoms with Crippen LogP contribution in [0.5, 0.6) is 5.75 Å². The van der Waals surface area contributed by atoms with Crippen LogP contribution < -0.4 is 9.64 Å². The Kier molecular flexibility index (Phi) is 7.59. The molecule has 0 spiro atoms. The Morgan fingerprint density at radius 1 is 0.968 bits per heavy atom. The normalized spacial score (nSPS) is 10.4. The second kappa shape index (κ2) is 10.8. The lowest BCUT2D eigenvalue weighted by atomic mass is 10.1. The lowest BCUT2D eigenvalue weighted by Gasteiger charge is -2.21. The Labute approximate surface area is 181 Å². The van der Waals surface area contributed by atoms with Crippen LogP contribution in [-0.2, 0) is 11.3 Å². The molecule has 7 heteroatoms. The monoisotopic (exact) mass is 419 g/mol. The zero-order valence-corrected chi connectivity index (χ0v) is 17.3. The zero-order valence-electron chi connectivity index (χ0n) is 17.3. The molecule has 160 valence electrons. The maximum atomic E-state index is 12.7. The smallest absolute Gasteiger partial charge is 0.323 e. The molecule has 1 N–H and O–H groups in total. The first kappa shape index (κ1) is 21.8. The quantitative estimate of drug-likeness (QED) is 0.543. The van der Waals surface area contributed by atoms with E-state index < -0.39 is 5.97 Å². The van der Waals surface area contributed by atoms with Gasteiger partial charge in [0, 0.05) is 25.4 Å². The molecule has 1 amide bonds. The number of carboxylic acid groups (broad SMARTS) is 1. The number of carbonyl (C=O) groups is 2. The Morgan fingerprint density at radius 3 is 2.32 bits per heavy atom. The predicted octanol–water partition coefficient (Wildman–Crippen LogP) is 3.32. The third-order valence-corrected chi connectivity index (χ3v) is 4.67. The van der Waals surface area contributed by atoms with Gasteiger partial charge < -0.3 is 19.6 Å². The Hall–Kier alpha value is -3.87. The molecule has 0 saturated carbocycles. The molecule has 2 aromatic carbocycles. The number of ether oxygens (including phenoxy) is 1. The van der Waals surface area contributed by atoms with Gasteiger partial charge in [0.1, 0.15) is 24.7 Å². The summed E-state index contributed by atoms with van der Waals surface area (Å²) >= 11 is 0. The number of hydrogen-bond donors (Lipinski definition) is 1. The molecule has 3 rings (SSSR count). The van der Waals surface area contributed by atoms with Crippen LogP contribution in [0.4, 0.5) is 5.82 Å². The molecular weight excluding hydrogens is 394 g/mol. The Bertz CT molecular complexity index is 979. The highest BCUT2D eigenvalue weighted by Gasteiger charge is 2.18. The van der Waals surface area contributed by atoms with Gasteiger partial charge in [-0.05, 0) is 42.0 Å². The number of aliphatic carboxylic acids is 1. The predicted molar refractivity (Wildman–Crippen MR) is 118 cm³/mol. The van der Waals surface area contributed by atoms with E-state index in [0.717, 1.165) is 11.4 Å². The average Bonchev–Trinajstić information content (AvgIpc) is 2.80. The molecule has 1 heterocycles. The lowest BCUT2D eigenvalue weighted by Crippen LogP contribution is -2.35. The number of pyridine rings is 1. The summed E-state index contributed by atoms with van der Waals surface area (Å²) in [6, 6.07) is 21.7. The standard InChI is InChI=1S/C24H25N3O4/c1-26(22-9-5-6-14-25-22)15-16-31-21-12-10-19(11-13-21)17-27(18-23(28)29)24(30)20-7-3-2-4-8-20/h2-14H,15-18H2,1H3,(H,28,29). The van der Waals surface area contributed by atoms with Crippen molar-refractivity contribution in [3.05, 3.63) is 90.1 Å². The number of carboxylic acids is 1. The number of aromatic nitrogens is 1. The van der Waals surface area contributed by atoms with E-state index in [1.165, 1.54) is 4.90 Å². The third-order valence-electron chi connectivity index (χ3n) is 4.67. The number of benzene rings is 2. The van der Waals surface area contributed by atoms with Crippen molar-refractivity contribution in [3.8, 4) is 5.75 Å². The first-order valence-electron chi connectivity index (χ1n) is 9.93. The maximum Gasteiger partial charge on any atom is 0.323 e. The highest BCUT2D eigenvalue weighted by molar-refractivity contribution is 5.95. The van der Waals surface area contributed by atoms with E-state index in [0.29, 0.717) is 24.5 Å². The number of rotatable bonds is 10. The van der Waals surface area contributed by atoms with Crippen molar-refractivity contribution >= 4 is 17.7 Å². The molecule has 0 aliphatic heterocycles. The molecule has 0 bridgehead atoms. The van der Waals surface area contributed by atoms with Crippen molar-refractivity contribution in [2.24, 2.45) is 0 Å². The van der Waals surface area contributed by atoms with Gasteiger partial charge in [-0.15, -0.1) is 0 Å². The number of anilines is 1. The fourth-order valence-electron chi connectivity index (χ4n) is 3.03. The first-order valence-corrected chi connectivity index (χ1v) is 9.93. The van der Waals surface area contributed by atoms with Gasteiger partial charge in [-0.2, -0.15) is 0 Å². The van der Waals surface area contributed by atoms with Gasteiger partial charge in [0.15, 0.2) is 0 Å². The van der Waals surface area contributed by atoms with Crippen molar-refractivity contribution in [2.45, 2.75) is 6.54 Å². The molecule has 0 atom stereocenters. The summed E-state index contributed by atoms with van der Waals surface area (Å²) in [6.07, 6.45) is 1.75. The van der Waals surface area contributed by atoms with E-state index >= 15 is 0 Å². The van der Waals surface area contributed by atoms with Crippen LogP contribution in [0.2, 0.25) is 0 Å². The van der Waals surface area contributed by atoms with Crippen LogP contribution in [0.15, 0.2) is 79.0 Å². The van der Waals surface area contributed by atoms with Crippen molar-refractivity contribution in [3.63, 3.8) is 0 Å². The molecule has 0 fully saturated rings. The molecule has 0 aliphatic carbocycles. The van der Waals surface area contributed by atoms with E-state index in [2.05, 4.69) is 4.98 Å². The second-order valence-corrected chi connectivity index (χ2v) is 7.02. The van der Waals surface area contributed by atoms with E-state index in [1.54, 1.807) is 30.5 Å². The SMILES string of the molecule is CN(CCOc1ccc(CN(CC(=O)O)C(=O)c2ccccc2)cc1)c1ccccn1. The van der Waals surface area contributed by atoms with Crippen LogP contribution in [0.25, 0.3) is 0 Å². The van der Waals surface area contributed by atoms with Crippen molar-refractivity contribution in [2.75, 3.05) is 31.6 Å². The Morgan fingerprint density at radius 2 is 1.68 bits per heavy atom. The summed E-state index contributed by atoms with van der Waals surface area (Å²) in [5, 5.41) is 9.20. The van der Waals surface area contributed by atoms with E-state index in [9.17, 15) is 14.7 Å². The summed E-state index contributed by atoms with van der Waals surface area (Å²) in [5.41, 5.74) is 1.28. The van der Waals surface area contributed by atoms with Gasteiger partial charge >= 0.3 is 5.97 Å². The van der Waals surface area contributed by atoms with E-state index in [1.807, 2.05) is 60.5 Å². The van der Waals surface area contributed by atoms with Crippen LogP contribution >= 0.6 is 0 Å². The third kappa shape index (κ3) is 6.57. The first-order chi connectivity index (χ1) is 15.0. The number of likely N-dealkylation sites (N-methyl/N-ethyl adjacent to an activating group) is 1. The maximum absolute atomic E-state index is 12.7. The van der Waals surface area contributed by atoms with Crippen molar-refractivity contribution in [1.82, 2.24) is 9.88 Å². The number of carbonyl (C=O) groups excluding carboxylic acids is 1. The second-order valence-electron chi connectivity index (χ2n) is 7.02. The minimum Gasteiger partial charge on any atom is -0.492 e. The summed E-state index contributed by atoms with van der Waals surface area (Å²) in [5.74, 6) is 0.211. The molecule has 1 aromatic heterocycles. The van der Waals surface area contributed by atoms with Crippen LogP contribution in [-0.4, -0.2) is 53.6 Å². The fourth-order valence-corrected chi connectivity index (χ4v) is 3.03. The minimum absolute atomic E-state index is 0.197. The summed E-state index contributed by atoms with van der Waals surface area (Å²) in [4.78, 5) is 31.6. The minimum atomic E-state index is -1.05. The molecule has 31 heavy (non-hydrogen) atoms. The van der Waals surface area contributed by atoms with Gasteiger partial charge in [0.2, 0.25) is 0 Å². The van der Waals surface area contributed by atoms with E-state index in [-0.39, 0.29) is 19.0 Å². The lowest BCUT2D eigenvalue weighted by molar-refractivity contribution is -0.137.